The summed E-state index contributed by atoms with van der Waals surface area (Å²) in [6.07, 6.45) is 1.07. The minimum absolute atomic E-state index is 0.152. The predicted molar refractivity (Wildman–Crippen MR) is 41.8 cm³/mol. The van der Waals surface area contributed by atoms with E-state index < -0.39 is 5.91 Å². The predicted octanol–water partition coefficient (Wildman–Crippen LogP) is -1.20. The molecule has 0 saturated heterocycles. The van der Waals surface area contributed by atoms with Crippen LogP contribution in [0.3, 0.4) is 0 Å². The smallest absolute Gasteiger partial charge is 0.295 e. The highest BCUT2D eigenvalue weighted by molar-refractivity contribution is 5.93. The van der Waals surface area contributed by atoms with Gasteiger partial charge in [0, 0.05) is 12.1 Å². The number of nitrogens with two attached hydrogens (primary N) is 1. The van der Waals surface area contributed by atoms with Crippen molar-refractivity contribution in [2.45, 2.75) is 0 Å². The summed E-state index contributed by atoms with van der Waals surface area (Å²) in [5.74, 6) is 4.32. The topological polar surface area (TPSA) is 106 Å². The lowest BCUT2D eigenvalue weighted by molar-refractivity contribution is -0.608. The Balaban J connectivity index is 3.15. The van der Waals surface area contributed by atoms with E-state index in [2.05, 4.69) is 0 Å². The van der Waals surface area contributed by atoms with E-state index in [1.54, 1.807) is 6.07 Å². The first-order chi connectivity index (χ1) is 6.19. The molecule has 0 aromatic carbocycles. The van der Waals surface area contributed by atoms with Crippen molar-refractivity contribution in [3.8, 4) is 6.07 Å². The van der Waals surface area contributed by atoms with E-state index in [-0.39, 0.29) is 11.3 Å². The summed E-state index contributed by atoms with van der Waals surface area (Å²) in [4.78, 5) is 10.9. The maximum Gasteiger partial charge on any atom is 0.295 e. The number of rotatable bonds is 1. The molecule has 0 saturated carbocycles. The number of aromatic nitrogens is 1. The van der Waals surface area contributed by atoms with Gasteiger partial charge in [0.1, 0.15) is 0 Å². The maximum atomic E-state index is 10.9. The number of hydrazine groups is 1. The molecular weight excluding hydrogens is 172 g/mol. The average molecular weight is 178 g/mol. The van der Waals surface area contributed by atoms with Crippen LogP contribution in [0, 0.1) is 16.5 Å². The van der Waals surface area contributed by atoms with Gasteiger partial charge < -0.3 is 5.21 Å². The van der Waals surface area contributed by atoms with Crippen LogP contribution in [-0.2, 0) is 0 Å². The zero-order valence-electron chi connectivity index (χ0n) is 6.52. The Morgan fingerprint density at radius 1 is 1.77 bits per heavy atom. The van der Waals surface area contributed by atoms with E-state index in [0.717, 1.165) is 12.3 Å². The molecule has 3 N–H and O–H groups in total. The van der Waals surface area contributed by atoms with Crippen LogP contribution in [0.4, 0.5) is 0 Å². The number of amides is 1. The van der Waals surface area contributed by atoms with Gasteiger partial charge in [0.25, 0.3) is 11.6 Å². The molecular formula is C7H6N4O2. The first-order valence-electron chi connectivity index (χ1n) is 3.33. The highest BCUT2D eigenvalue weighted by Crippen LogP contribution is 1.98. The van der Waals surface area contributed by atoms with Crippen LogP contribution >= 0.6 is 0 Å². The van der Waals surface area contributed by atoms with E-state index in [1.807, 2.05) is 5.43 Å². The fourth-order valence-electron chi connectivity index (χ4n) is 0.793. The molecule has 1 aromatic heterocycles. The number of nitrogens with one attached hydrogen (secondary N) is 1. The van der Waals surface area contributed by atoms with Gasteiger partial charge in [-0.15, -0.1) is 0 Å². The van der Waals surface area contributed by atoms with Crippen molar-refractivity contribution >= 4 is 5.91 Å². The van der Waals surface area contributed by atoms with E-state index in [4.69, 9.17) is 11.1 Å². The first-order valence-corrected chi connectivity index (χ1v) is 3.33. The van der Waals surface area contributed by atoms with Crippen molar-refractivity contribution in [1.29, 1.82) is 5.26 Å². The van der Waals surface area contributed by atoms with Crippen LogP contribution in [-0.4, -0.2) is 5.91 Å². The summed E-state index contributed by atoms with van der Waals surface area (Å²) in [7, 11) is 0. The number of pyridine rings is 1. The first kappa shape index (κ1) is 8.96. The van der Waals surface area contributed by atoms with Gasteiger partial charge in [0.15, 0.2) is 12.3 Å². The Morgan fingerprint density at radius 3 is 3.00 bits per heavy atom. The van der Waals surface area contributed by atoms with Crippen molar-refractivity contribution < 1.29 is 9.52 Å². The zero-order chi connectivity index (χ0) is 9.84. The molecule has 0 fully saturated rings. The van der Waals surface area contributed by atoms with Crippen LogP contribution in [0.2, 0.25) is 0 Å². The number of carbonyl (C=O) groups excluding carboxylic acids is 1. The molecule has 1 rings (SSSR count). The van der Waals surface area contributed by atoms with Gasteiger partial charge in [-0.3, -0.25) is 10.2 Å². The highest BCUT2D eigenvalue weighted by atomic mass is 16.5. The third-order valence-corrected chi connectivity index (χ3v) is 1.43. The third-order valence-electron chi connectivity index (χ3n) is 1.43. The lowest BCUT2D eigenvalue weighted by atomic mass is 10.2. The fraction of sp³-hybridized carbons (Fsp3) is 0. The van der Waals surface area contributed by atoms with Gasteiger partial charge in [-0.1, -0.05) is 0 Å². The fourth-order valence-corrected chi connectivity index (χ4v) is 0.793. The van der Waals surface area contributed by atoms with Crippen LogP contribution in [0.5, 0.6) is 0 Å². The second kappa shape index (κ2) is 3.51. The van der Waals surface area contributed by atoms with Gasteiger partial charge in [0.05, 0.1) is 5.56 Å². The van der Waals surface area contributed by atoms with Crippen molar-refractivity contribution in [3.63, 3.8) is 0 Å². The summed E-state index contributed by atoms with van der Waals surface area (Å²) >= 11 is 0. The molecule has 66 valence electrons. The summed E-state index contributed by atoms with van der Waals surface area (Å²) in [6, 6.07) is 4.08. The molecule has 0 atom stereocenters. The Kier molecular flexibility index (Phi) is 2.42. The van der Waals surface area contributed by atoms with Gasteiger partial charge in [-0.05, 0) is 0 Å². The standard InChI is InChI=1S/C7H6N4O2/c8-4-6-3-5(7(12)10-9)1-2-11(6)13/h1-3H,9H2,(H,10,12). The van der Waals surface area contributed by atoms with Gasteiger partial charge in [-0.2, -0.15) is 9.99 Å². The third kappa shape index (κ3) is 1.72. The van der Waals surface area contributed by atoms with Crippen LogP contribution in [0.15, 0.2) is 18.3 Å². The minimum Gasteiger partial charge on any atom is -0.618 e. The molecule has 0 aliphatic carbocycles. The average Bonchev–Trinajstić information content (AvgIpc) is 2.17. The molecule has 1 heterocycles. The molecule has 0 spiro atoms. The Bertz CT molecular complexity index is 383. The molecule has 0 unspecified atom stereocenters. The number of nitriles is 1. The molecule has 0 aliphatic rings. The van der Waals surface area contributed by atoms with E-state index in [9.17, 15) is 10.0 Å². The highest BCUT2D eigenvalue weighted by Gasteiger charge is 2.09. The monoisotopic (exact) mass is 178 g/mol. The molecule has 6 nitrogen and oxygen atoms in total. The summed E-state index contributed by atoms with van der Waals surface area (Å²) in [5.41, 5.74) is 1.91. The Labute approximate surface area is 73.8 Å². The van der Waals surface area contributed by atoms with E-state index >= 15 is 0 Å². The van der Waals surface area contributed by atoms with E-state index in [1.165, 1.54) is 6.07 Å². The number of nitrogens with zero attached hydrogens (tertiary/aromatic N) is 2. The lowest BCUT2D eigenvalue weighted by Crippen LogP contribution is -2.33. The molecule has 0 radical (unpaired) electrons. The molecule has 1 aromatic rings. The van der Waals surface area contributed by atoms with Crippen molar-refractivity contribution in [3.05, 3.63) is 34.8 Å². The normalized spacial score (nSPS) is 8.92. The second-order valence-electron chi connectivity index (χ2n) is 2.21. The lowest BCUT2D eigenvalue weighted by Gasteiger charge is -2.00. The van der Waals surface area contributed by atoms with Crippen LogP contribution in [0.25, 0.3) is 0 Å². The number of hydrogen-bond acceptors (Lipinski definition) is 4. The van der Waals surface area contributed by atoms with Crippen molar-refractivity contribution in [2.75, 3.05) is 0 Å². The van der Waals surface area contributed by atoms with Crippen molar-refractivity contribution in [2.24, 2.45) is 5.84 Å². The molecule has 0 bridgehead atoms. The molecule has 0 aliphatic heterocycles. The Hall–Kier alpha value is -2.13. The van der Waals surface area contributed by atoms with Crippen LogP contribution < -0.4 is 16.0 Å². The largest absolute Gasteiger partial charge is 0.618 e. The summed E-state index contributed by atoms with van der Waals surface area (Å²) < 4.78 is 0.368. The van der Waals surface area contributed by atoms with Crippen molar-refractivity contribution in [1.82, 2.24) is 5.43 Å². The van der Waals surface area contributed by atoms with Crippen LogP contribution in [0.1, 0.15) is 16.1 Å². The second-order valence-corrected chi connectivity index (χ2v) is 2.21. The summed E-state index contributed by atoms with van der Waals surface area (Å²) in [5, 5.41) is 19.3. The Morgan fingerprint density at radius 2 is 2.46 bits per heavy atom. The SMILES string of the molecule is N#Cc1cc(C(=O)NN)cc[n+]1[O-]. The minimum atomic E-state index is -0.544. The number of carbonyl (C=O) groups is 1. The molecule has 6 heteroatoms. The number of hydrogen-bond donors (Lipinski definition) is 2. The molecule has 1 amide bonds. The molecule has 13 heavy (non-hydrogen) atoms. The number of nitrogen functional groups attached to an aromatic ring is 1. The zero-order valence-corrected chi connectivity index (χ0v) is 6.52. The quantitative estimate of drug-likeness (QED) is 0.185. The van der Waals surface area contributed by atoms with Gasteiger partial charge in [-0.25, -0.2) is 5.84 Å². The van der Waals surface area contributed by atoms with Gasteiger partial charge >= 0.3 is 0 Å². The maximum absolute atomic E-state index is 10.9. The summed E-state index contributed by atoms with van der Waals surface area (Å²) in [6.45, 7) is 0. The van der Waals surface area contributed by atoms with E-state index in [0.29, 0.717) is 4.73 Å². The van der Waals surface area contributed by atoms with Gasteiger partial charge in [0.2, 0.25) is 0 Å².